The fraction of sp³-hybridized carbons (Fsp3) is 0.111. The Hall–Kier alpha value is -4.15. The molecule has 0 aliphatic heterocycles. The van der Waals surface area contributed by atoms with Gasteiger partial charge in [-0.05, 0) is 37.3 Å². The van der Waals surface area contributed by atoms with Crippen molar-refractivity contribution >= 4 is 23.5 Å². The van der Waals surface area contributed by atoms with Crippen LogP contribution in [0, 0.1) is 5.82 Å². The summed E-state index contributed by atoms with van der Waals surface area (Å²) in [7, 11) is 0. The van der Waals surface area contributed by atoms with Crippen molar-refractivity contribution in [3.05, 3.63) is 66.1 Å². The third-order valence-corrected chi connectivity index (χ3v) is 3.89. The Bertz CT molecular complexity index is 1170. The van der Waals surface area contributed by atoms with E-state index in [9.17, 15) is 14.0 Å². The molecule has 1 N–H and O–H groups in total. The van der Waals surface area contributed by atoms with Crippen molar-refractivity contribution in [2.75, 3.05) is 11.9 Å². The summed E-state index contributed by atoms with van der Waals surface area (Å²) in [6, 6.07) is 7.04. The van der Waals surface area contributed by atoms with Crippen molar-refractivity contribution in [3.63, 3.8) is 0 Å². The fourth-order valence-corrected chi connectivity index (χ4v) is 2.60. The lowest BCUT2D eigenvalue weighted by Crippen LogP contribution is -2.19. The molecule has 10 nitrogen and oxygen atoms in total. The second kappa shape index (κ2) is 7.46. The first-order valence-corrected chi connectivity index (χ1v) is 8.56. The molecule has 146 valence electrons. The highest BCUT2D eigenvalue weighted by Crippen LogP contribution is 2.22. The molecule has 4 aromatic rings. The molecule has 0 aliphatic rings. The Balaban J connectivity index is 1.73. The van der Waals surface area contributed by atoms with E-state index in [1.165, 1.54) is 45.9 Å². The maximum atomic E-state index is 13.3. The van der Waals surface area contributed by atoms with E-state index in [1.54, 1.807) is 19.2 Å². The van der Waals surface area contributed by atoms with Crippen LogP contribution in [-0.4, -0.2) is 47.8 Å². The monoisotopic (exact) mass is 395 g/mol. The topological polar surface area (TPSA) is 116 Å². The average molecular weight is 395 g/mol. The quantitative estimate of drug-likeness (QED) is 0.513. The maximum absolute atomic E-state index is 13.3. The largest absolute Gasteiger partial charge is 0.462 e. The van der Waals surface area contributed by atoms with Gasteiger partial charge in [0.2, 0.25) is 5.82 Å². The summed E-state index contributed by atoms with van der Waals surface area (Å²) in [6.45, 7) is 1.81. The molecule has 1 aromatic carbocycles. The molecular weight excluding hydrogens is 381 g/mol. The van der Waals surface area contributed by atoms with Gasteiger partial charge in [-0.1, -0.05) is 0 Å². The highest BCUT2D eigenvalue weighted by molar-refractivity contribution is 6.05. The number of carbonyl (C=O) groups excluding carboxylic acids is 2. The zero-order valence-electron chi connectivity index (χ0n) is 15.1. The Labute approximate surface area is 163 Å². The SMILES string of the molecule is CCOC(=O)c1cnn(-c2ccc(F)cc2)c1NC(=O)c1nc2ncccn2n1. The molecule has 3 aromatic heterocycles. The molecule has 0 bridgehead atoms. The van der Waals surface area contributed by atoms with E-state index >= 15 is 0 Å². The lowest BCUT2D eigenvalue weighted by Gasteiger charge is -2.10. The Kier molecular flexibility index (Phi) is 4.69. The molecule has 0 unspecified atom stereocenters. The van der Waals surface area contributed by atoms with Crippen LogP contribution in [0.2, 0.25) is 0 Å². The number of carbonyl (C=O) groups is 2. The van der Waals surface area contributed by atoms with Crippen LogP contribution in [-0.2, 0) is 4.74 Å². The molecule has 0 atom stereocenters. The van der Waals surface area contributed by atoms with E-state index in [0.29, 0.717) is 5.69 Å². The molecule has 0 saturated heterocycles. The summed E-state index contributed by atoms with van der Waals surface area (Å²) < 4.78 is 20.9. The van der Waals surface area contributed by atoms with E-state index in [4.69, 9.17) is 4.74 Å². The smallest absolute Gasteiger partial charge is 0.343 e. The number of halogens is 1. The van der Waals surface area contributed by atoms with Gasteiger partial charge in [0, 0.05) is 12.4 Å². The van der Waals surface area contributed by atoms with Crippen LogP contribution in [0.1, 0.15) is 27.9 Å². The summed E-state index contributed by atoms with van der Waals surface area (Å²) in [6.07, 6.45) is 4.38. The van der Waals surface area contributed by atoms with Crippen molar-refractivity contribution < 1.29 is 18.7 Å². The molecule has 1 amide bonds. The van der Waals surface area contributed by atoms with Gasteiger partial charge in [-0.3, -0.25) is 4.79 Å². The molecular formula is C18H14FN7O3. The maximum Gasteiger partial charge on any atom is 0.343 e. The van der Waals surface area contributed by atoms with E-state index < -0.39 is 17.7 Å². The minimum atomic E-state index is -0.676. The molecule has 0 aliphatic carbocycles. The predicted molar refractivity (Wildman–Crippen MR) is 98.2 cm³/mol. The van der Waals surface area contributed by atoms with Gasteiger partial charge in [0.25, 0.3) is 11.7 Å². The molecule has 0 radical (unpaired) electrons. The number of fused-ring (bicyclic) bond motifs is 1. The van der Waals surface area contributed by atoms with Crippen LogP contribution in [0.15, 0.2) is 48.9 Å². The van der Waals surface area contributed by atoms with Crippen molar-refractivity contribution in [2.24, 2.45) is 0 Å². The Morgan fingerprint density at radius 2 is 2.03 bits per heavy atom. The number of nitrogens with one attached hydrogen (secondary N) is 1. The molecule has 4 rings (SSSR count). The van der Waals surface area contributed by atoms with E-state index in [0.717, 1.165) is 0 Å². The minimum Gasteiger partial charge on any atom is -0.462 e. The van der Waals surface area contributed by atoms with Crippen LogP contribution in [0.4, 0.5) is 10.2 Å². The number of amides is 1. The molecule has 11 heteroatoms. The Morgan fingerprint density at radius 1 is 1.24 bits per heavy atom. The van der Waals surface area contributed by atoms with Gasteiger partial charge in [0.15, 0.2) is 5.82 Å². The summed E-state index contributed by atoms with van der Waals surface area (Å²) in [4.78, 5) is 33.1. The number of ether oxygens (including phenoxy) is 1. The first-order chi connectivity index (χ1) is 14.1. The van der Waals surface area contributed by atoms with E-state index in [2.05, 4.69) is 25.5 Å². The number of anilines is 1. The van der Waals surface area contributed by atoms with Crippen molar-refractivity contribution in [2.45, 2.75) is 6.92 Å². The van der Waals surface area contributed by atoms with Crippen LogP contribution in [0.25, 0.3) is 11.5 Å². The van der Waals surface area contributed by atoms with Gasteiger partial charge in [0.05, 0.1) is 18.5 Å². The average Bonchev–Trinajstić information content (AvgIpc) is 3.33. The normalized spacial score (nSPS) is 10.8. The third-order valence-electron chi connectivity index (χ3n) is 3.89. The van der Waals surface area contributed by atoms with Gasteiger partial charge in [-0.2, -0.15) is 10.1 Å². The molecule has 0 saturated carbocycles. The third kappa shape index (κ3) is 3.52. The van der Waals surface area contributed by atoms with Crippen LogP contribution >= 0.6 is 0 Å². The number of rotatable bonds is 5. The highest BCUT2D eigenvalue weighted by Gasteiger charge is 2.23. The number of nitrogens with zero attached hydrogens (tertiary/aromatic N) is 6. The lowest BCUT2D eigenvalue weighted by molar-refractivity contribution is 0.0527. The highest BCUT2D eigenvalue weighted by atomic mass is 19.1. The Morgan fingerprint density at radius 3 is 2.76 bits per heavy atom. The van der Waals surface area contributed by atoms with Crippen LogP contribution in [0.5, 0.6) is 0 Å². The second-order valence-corrected chi connectivity index (χ2v) is 5.77. The van der Waals surface area contributed by atoms with Crippen molar-refractivity contribution in [1.82, 2.24) is 29.4 Å². The minimum absolute atomic E-state index is 0.0337. The number of aromatic nitrogens is 6. The zero-order chi connectivity index (χ0) is 20.4. The second-order valence-electron chi connectivity index (χ2n) is 5.77. The number of esters is 1. The summed E-state index contributed by atoms with van der Waals surface area (Å²) >= 11 is 0. The predicted octanol–water partition coefficient (Wildman–Crippen LogP) is 1.88. The van der Waals surface area contributed by atoms with Crippen LogP contribution < -0.4 is 5.32 Å². The number of hydrogen-bond acceptors (Lipinski definition) is 7. The summed E-state index contributed by atoms with van der Waals surface area (Å²) in [5, 5.41) is 10.8. The zero-order valence-corrected chi connectivity index (χ0v) is 15.1. The van der Waals surface area contributed by atoms with Gasteiger partial charge in [-0.25, -0.2) is 23.4 Å². The van der Waals surface area contributed by atoms with E-state index in [1.807, 2.05) is 0 Å². The van der Waals surface area contributed by atoms with Crippen molar-refractivity contribution in [1.29, 1.82) is 0 Å². The summed E-state index contributed by atoms with van der Waals surface area (Å²) in [5.74, 6) is -1.63. The van der Waals surface area contributed by atoms with Gasteiger partial charge >= 0.3 is 5.97 Å². The van der Waals surface area contributed by atoms with E-state index in [-0.39, 0.29) is 29.6 Å². The van der Waals surface area contributed by atoms with Crippen LogP contribution in [0.3, 0.4) is 0 Å². The van der Waals surface area contributed by atoms with Gasteiger partial charge < -0.3 is 10.1 Å². The number of benzene rings is 1. The first kappa shape index (κ1) is 18.2. The first-order valence-electron chi connectivity index (χ1n) is 8.56. The standard InChI is InChI=1S/C18H14FN7O3/c1-2-29-17(28)13-10-21-26(12-6-4-11(19)5-7-12)15(13)23-16(27)14-22-18-20-8-3-9-25(18)24-14/h3-10H,2H2,1H3,(H,23,27). The van der Waals surface area contributed by atoms with Gasteiger partial charge in [-0.15, -0.1) is 5.10 Å². The lowest BCUT2D eigenvalue weighted by atomic mass is 10.3. The van der Waals surface area contributed by atoms with Crippen molar-refractivity contribution in [3.8, 4) is 5.69 Å². The molecule has 0 spiro atoms. The van der Waals surface area contributed by atoms with Gasteiger partial charge in [0.1, 0.15) is 11.4 Å². The summed E-state index contributed by atoms with van der Waals surface area (Å²) in [5.41, 5.74) is 0.466. The fourth-order valence-electron chi connectivity index (χ4n) is 2.60. The molecule has 29 heavy (non-hydrogen) atoms. The molecule has 3 heterocycles. The molecule has 0 fully saturated rings. The number of hydrogen-bond donors (Lipinski definition) is 1.